The van der Waals surface area contributed by atoms with Crippen molar-refractivity contribution in [3.8, 4) is 6.07 Å². The molecule has 0 saturated heterocycles. The van der Waals surface area contributed by atoms with E-state index in [4.69, 9.17) is 5.26 Å². The van der Waals surface area contributed by atoms with Crippen molar-refractivity contribution >= 4 is 5.82 Å². The Hall–Kier alpha value is -1.63. The standard InChI is InChI=1S/C8H8N4/c9-5-8-10-4-3-7(12-8)11-6-1-2-6/h3-4,6H,1-2H2,(H,10,11,12). The van der Waals surface area contributed by atoms with Crippen LogP contribution in [0.25, 0.3) is 0 Å². The van der Waals surface area contributed by atoms with Crippen molar-refractivity contribution in [3.63, 3.8) is 0 Å². The van der Waals surface area contributed by atoms with Gasteiger partial charge in [-0.05, 0) is 18.9 Å². The van der Waals surface area contributed by atoms with E-state index in [0.29, 0.717) is 6.04 Å². The van der Waals surface area contributed by atoms with Gasteiger partial charge in [-0.15, -0.1) is 0 Å². The second-order valence-electron chi connectivity index (χ2n) is 2.80. The summed E-state index contributed by atoms with van der Waals surface area (Å²) in [6.07, 6.45) is 3.99. The zero-order chi connectivity index (χ0) is 8.39. The van der Waals surface area contributed by atoms with Crippen molar-refractivity contribution in [3.05, 3.63) is 18.1 Å². The first-order valence-electron chi connectivity index (χ1n) is 3.88. The number of anilines is 1. The fraction of sp³-hybridized carbons (Fsp3) is 0.375. The van der Waals surface area contributed by atoms with Crippen LogP contribution in [0.15, 0.2) is 12.3 Å². The van der Waals surface area contributed by atoms with Crippen LogP contribution in [0.5, 0.6) is 0 Å². The number of rotatable bonds is 2. The molecular formula is C8H8N4. The lowest BCUT2D eigenvalue weighted by atomic mass is 10.5. The largest absolute Gasteiger partial charge is 0.367 e. The van der Waals surface area contributed by atoms with Gasteiger partial charge < -0.3 is 5.32 Å². The molecule has 0 radical (unpaired) electrons. The summed E-state index contributed by atoms with van der Waals surface area (Å²) in [7, 11) is 0. The van der Waals surface area contributed by atoms with Gasteiger partial charge in [0.25, 0.3) is 0 Å². The number of nitrogens with zero attached hydrogens (tertiary/aromatic N) is 3. The Bertz CT molecular complexity index is 324. The molecule has 1 aliphatic rings. The lowest BCUT2D eigenvalue weighted by molar-refractivity contribution is 1.06. The minimum atomic E-state index is 0.223. The molecule has 0 atom stereocenters. The lowest BCUT2D eigenvalue weighted by Crippen LogP contribution is -2.04. The van der Waals surface area contributed by atoms with Gasteiger partial charge in [0.05, 0.1) is 0 Å². The highest BCUT2D eigenvalue weighted by Gasteiger charge is 2.21. The van der Waals surface area contributed by atoms with Gasteiger partial charge in [0, 0.05) is 12.2 Å². The van der Waals surface area contributed by atoms with Gasteiger partial charge >= 0.3 is 0 Å². The van der Waals surface area contributed by atoms with Gasteiger partial charge in [0.2, 0.25) is 5.82 Å². The van der Waals surface area contributed by atoms with Gasteiger partial charge in [0.15, 0.2) is 0 Å². The summed E-state index contributed by atoms with van der Waals surface area (Å²) in [6, 6.07) is 4.24. The molecule has 60 valence electrons. The molecule has 4 heteroatoms. The molecule has 1 N–H and O–H groups in total. The summed E-state index contributed by atoms with van der Waals surface area (Å²) in [5.74, 6) is 0.977. The third kappa shape index (κ3) is 1.51. The molecule has 1 aliphatic carbocycles. The minimum Gasteiger partial charge on any atom is -0.367 e. The summed E-state index contributed by atoms with van der Waals surface area (Å²) in [6.45, 7) is 0. The maximum absolute atomic E-state index is 8.51. The van der Waals surface area contributed by atoms with Gasteiger partial charge in [-0.3, -0.25) is 0 Å². The molecule has 1 aromatic rings. The summed E-state index contributed by atoms with van der Waals surface area (Å²) in [4.78, 5) is 7.76. The quantitative estimate of drug-likeness (QED) is 0.698. The third-order valence-corrected chi connectivity index (χ3v) is 1.68. The van der Waals surface area contributed by atoms with Crippen LogP contribution < -0.4 is 5.32 Å². The molecule has 4 nitrogen and oxygen atoms in total. The van der Waals surface area contributed by atoms with E-state index in [2.05, 4.69) is 15.3 Å². The molecule has 0 unspecified atom stereocenters. The van der Waals surface area contributed by atoms with Crippen LogP contribution in [0.2, 0.25) is 0 Å². The average molecular weight is 160 g/mol. The second kappa shape index (κ2) is 2.78. The van der Waals surface area contributed by atoms with Crippen LogP contribution in [0.3, 0.4) is 0 Å². The zero-order valence-electron chi connectivity index (χ0n) is 6.49. The fourth-order valence-electron chi connectivity index (χ4n) is 0.930. The van der Waals surface area contributed by atoms with Gasteiger partial charge in [-0.1, -0.05) is 0 Å². The van der Waals surface area contributed by atoms with Crippen molar-refractivity contribution in [1.29, 1.82) is 5.26 Å². The maximum Gasteiger partial charge on any atom is 0.234 e. The van der Waals surface area contributed by atoms with Crippen molar-refractivity contribution in [2.75, 3.05) is 5.32 Å². The van der Waals surface area contributed by atoms with Crippen LogP contribution in [0, 0.1) is 11.3 Å². The molecule has 0 aliphatic heterocycles. The van der Waals surface area contributed by atoms with E-state index in [9.17, 15) is 0 Å². The Balaban J connectivity index is 2.15. The molecule has 1 saturated carbocycles. The molecular weight excluding hydrogens is 152 g/mol. The smallest absolute Gasteiger partial charge is 0.234 e. The number of nitriles is 1. The highest BCUT2D eigenvalue weighted by Crippen LogP contribution is 2.23. The van der Waals surface area contributed by atoms with E-state index >= 15 is 0 Å². The van der Waals surface area contributed by atoms with Crippen molar-refractivity contribution in [2.45, 2.75) is 18.9 Å². The van der Waals surface area contributed by atoms with Gasteiger partial charge in [-0.25, -0.2) is 9.97 Å². The van der Waals surface area contributed by atoms with Crippen LogP contribution >= 0.6 is 0 Å². The van der Waals surface area contributed by atoms with E-state index in [-0.39, 0.29) is 5.82 Å². The third-order valence-electron chi connectivity index (χ3n) is 1.68. The number of hydrogen-bond donors (Lipinski definition) is 1. The molecule has 1 heterocycles. The van der Waals surface area contributed by atoms with Gasteiger partial charge in [0.1, 0.15) is 11.9 Å². The van der Waals surface area contributed by atoms with Crippen LogP contribution in [0.4, 0.5) is 5.82 Å². The Morgan fingerprint density at radius 1 is 1.58 bits per heavy atom. The predicted molar refractivity (Wildman–Crippen MR) is 43.4 cm³/mol. The van der Waals surface area contributed by atoms with E-state index in [1.54, 1.807) is 12.3 Å². The van der Waals surface area contributed by atoms with Crippen LogP contribution in [-0.4, -0.2) is 16.0 Å². The summed E-state index contributed by atoms with van der Waals surface area (Å²) in [5.41, 5.74) is 0. The van der Waals surface area contributed by atoms with Crippen molar-refractivity contribution < 1.29 is 0 Å². The molecule has 12 heavy (non-hydrogen) atoms. The summed E-state index contributed by atoms with van der Waals surface area (Å²) in [5, 5.41) is 11.7. The molecule has 0 bridgehead atoms. The predicted octanol–water partition coefficient (Wildman–Crippen LogP) is 0.923. The topological polar surface area (TPSA) is 61.6 Å². The van der Waals surface area contributed by atoms with E-state index in [1.165, 1.54) is 12.8 Å². The fourth-order valence-corrected chi connectivity index (χ4v) is 0.930. The Morgan fingerprint density at radius 3 is 3.08 bits per heavy atom. The van der Waals surface area contributed by atoms with Crippen LogP contribution in [0.1, 0.15) is 18.7 Å². The first kappa shape index (κ1) is 7.04. The SMILES string of the molecule is N#Cc1nccc(NC2CC2)n1. The number of nitrogens with one attached hydrogen (secondary N) is 1. The molecule has 0 spiro atoms. The number of hydrogen-bond acceptors (Lipinski definition) is 4. The molecule has 1 aromatic heterocycles. The van der Waals surface area contributed by atoms with Crippen molar-refractivity contribution in [1.82, 2.24) is 9.97 Å². The van der Waals surface area contributed by atoms with Crippen molar-refractivity contribution in [2.24, 2.45) is 0 Å². The summed E-state index contributed by atoms with van der Waals surface area (Å²) >= 11 is 0. The molecule has 0 amide bonds. The number of aromatic nitrogens is 2. The van der Waals surface area contributed by atoms with E-state index in [0.717, 1.165) is 5.82 Å². The Morgan fingerprint density at radius 2 is 2.42 bits per heavy atom. The van der Waals surface area contributed by atoms with E-state index < -0.39 is 0 Å². The monoisotopic (exact) mass is 160 g/mol. The first-order chi connectivity index (χ1) is 5.88. The normalized spacial score (nSPS) is 15.2. The Kier molecular flexibility index (Phi) is 1.63. The maximum atomic E-state index is 8.51. The molecule has 1 fully saturated rings. The molecule has 2 rings (SSSR count). The highest BCUT2D eigenvalue weighted by atomic mass is 15.1. The minimum absolute atomic E-state index is 0.223. The molecule has 0 aromatic carbocycles. The van der Waals surface area contributed by atoms with Crippen LogP contribution in [-0.2, 0) is 0 Å². The summed E-state index contributed by atoms with van der Waals surface area (Å²) < 4.78 is 0. The first-order valence-corrected chi connectivity index (χ1v) is 3.88. The van der Waals surface area contributed by atoms with Gasteiger partial charge in [-0.2, -0.15) is 5.26 Å². The highest BCUT2D eigenvalue weighted by molar-refractivity contribution is 5.37. The van der Waals surface area contributed by atoms with E-state index in [1.807, 2.05) is 6.07 Å². The Labute approximate surface area is 70.3 Å². The average Bonchev–Trinajstić information content (AvgIpc) is 2.89. The zero-order valence-corrected chi connectivity index (χ0v) is 6.49. The second-order valence-corrected chi connectivity index (χ2v) is 2.80. The lowest BCUT2D eigenvalue weighted by Gasteiger charge is -2.00.